The summed E-state index contributed by atoms with van der Waals surface area (Å²) in [4.78, 5) is 32.4. The Kier molecular flexibility index (Phi) is 4.64. The SMILES string of the molecule is O=C(Nc1cccs1)Nc1cc(-c2ccccc2)nn1-c1nc2c(c(=O)[nH]1)CCC2. The first-order valence-corrected chi connectivity index (χ1v) is 10.4. The van der Waals surface area contributed by atoms with Crippen LogP contribution in [-0.2, 0) is 12.8 Å². The molecule has 3 aromatic heterocycles. The molecule has 30 heavy (non-hydrogen) atoms. The number of urea groups is 1. The van der Waals surface area contributed by atoms with Crippen molar-refractivity contribution in [3.05, 3.63) is 75.5 Å². The Balaban J connectivity index is 1.55. The minimum atomic E-state index is -0.401. The predicted molar refractivity (Wildman–Crippen MR) is 116 cm³/mol. The monoisotopic (exact) mass is 418 g/mol. The van der Waals surface area contributed by atoms with Gasteiger partial charge in [0.25, 0.3) is 5.56 Å². The maximum atomic E-state index is 12.5. The molecule has 2 amide bonds. The number of carbonyl (C=O) groups is 1. The molecule has 0 fully saturated rings. The molecule has 5 rings (SSSR count). The van der Waals surface area contributed by atoms with Crippen molar-refractivity contribution in [2.24, 2.45) is 0 Å². The molecule has 0 atom stereocenters. The molecule has 0 aliphatic heterocycles. The summed E-state index contributed by atoms with van der Waals surface area (Å²) in [7, 11) is 0. The van der Waals surface area contributed by atoms with Crippen molar-refractivity contribution in [2.75, 3.05) is 10.6 Å². The number of carbonyl (C=O) groups excluding carboxylic acids is 1. The molecule has 1 aliphatic rings. The van der Waals surface area contributed by atoms with E-state index in [-0.39, 0.29) is 11.5 Å². The number of rotatable bonds is 4. The first-order chi connectivity index (χ1) is 14.7. The molecule has 0 saturated heterocycles. The predicted octanol–water partition coefficient (Wildman–Crippen LogP) is 3.82. The number of aryl methyl sites for hydroxylation is 1. The van der Waals surface area contributed by atoms with Gasteiger partial charge in [0.1, 0.15) is 5.82 Å². The standard InChI is InChI=1S/C21H18N6O2S/c28-19-14-8-4-9-15(14)22-20(25-19)27-17(23-21(29)24-18-10-5-11-30-18)12-16(26-27)13-6-2-1-3-7-13/h1-3,5-7,10-12H,4,8-9H2,(H,22,25,28)(H2,23,24,29). The smallest absolute Gasteiger partial charge is 0.299 e. The van der Waals surface area contributed by atoms with Crippen molar-refractivity contribution >= 4 is 28.2 Å². The number of nitrogens with zero attached hydrogens (tertiary/aromatic N) is 3. The number of hydrogen-bond acceptors (Lipinski definition) is 5. The maximum absolute atomic E-state index is 12.5. The van der Waals surface area contributed by atoms with Crippen LogP contribution < -0.4 is 16.2 Å². The first-order valence-electron chi connectivity index (χ1n) is 9.57. The minimum Gasteiger partial charge on any atom is -0.299 e. The molecule has 8 nitrogen and oxygen atoms in total. The zero-order valence-corrected chi connectivity index (χ0v) is 16.7. The minimum absolute atomic E-state index is 0.154. The van der Waals surface area contributed by atoms with Crippen LogP contribution in [-0.4, -0.2) is 25.8 Å². The van der Waals surface area contributed by atoms with Crippen LogP contribution in [0.2, 0.25) is 0 Å². The lowest BCUT2D eigenvalue weighted by Gasteiger charge is -2.09. The van der Waals surface area contributed by atoms with E-state index in [9.17, 15) is 9.59 Å². The summed E-state index contributed by atoms with van der Waals surface area (Å²) in [6.45, 7) is 0. The third kappa shape index (κ3) is 3.50. The Morgan fingerprint density at radius 3 is 2.77 bits per heavy atom. The van der Waals surface area contributed by atoms with Gasteiger partial charge in [-0.15, -0.1) is 11.3 Å². The molecule has 1 aromatic carbocycles. The molecule has 0 spiro atoms. The van der Waals surface area contributed by atoms with E-state index >= 15 is 0 Å². The van der Waals surface area contributed by atoms with Gasteiger partial charge in [0.2, 0.25) is 5.95 Å². The van der Waals surface area contributed by atoms with E-state index in [0.717, 1.165) is 41.1 Å². The number of benzene rings is 1. The van der Waals surface area contributed by atoms with Crippen molar-refractivity contribution < 1.29 is 4.79 Å². The van der Waals surface area contributed by atoms with E-state index in [1.807, 2.05) is 47.8 Å². The van der Waals surface area contributed by atoms with Crippen LogP contribution >= 0.6 is 11.3 Å². The molecule has 0 unspecified atom stereocenters. The third-order valence-corrected chi connectivity index (χ3v) is 5.69. The van der Waals surface area contributed by atoms with E-state index < -0.39 is 6.03 Å². The van der Waals surface area contributed by atoms with Crippen LogP contribution in [0.15, 0.2) is 58.7 Å². The zero-order valence-electron chi connectivity index (χ0n) is 15.9. The Hall–Kier alpha value is -3.72. The Bertz CT molecular complexity index is 1260. The van der Waals surface area contributed by atoms with Crippen LogP contribution in [0.25, 0.3) is 17.2 Å². The summed E-state index contributed by atoms with van der Waals surface area (Å²) in [6.07, 6.45) is 2.42. The van der Waals surface area contributed by atoms with E-state index in [4.69, 9.17) is 0 Å². The number of aromatic amines is 1. The Morgan fingerprint density at radius 1 is 1.10 bits per heavy atom. The Labute approximate surface area is 175 Å². The van der Waals surface area contributed by atoms with Crippen LogP contribution in [0.5, 0.6) is 0 Å². The highest BCUT2D eigenvalue weighted by Gasteiger charge is 2.21. The molecule has 4 aromatic rings. The highest BCUT2D eigenvalue weighted by Crippen LogP contribution is 2.25. The summed E-state index contributed by atoms with van der Waals surface area (Å²) >= 11 is 1.43. The average Bonchev–Trinajstić information content (AvgIpc) is 3.49. The number of aromatic nitrogens is 4. The van der Waals surface area contributed by atoms with Crippen molar-refractivity contribution in [1.29, 1.82) is 0 Å². The van der Waals surface area contributed by atoms with Crippen molar-refractivity contribution in [3.63, 3.8) is 0 Å². The number of anilines is 2. The summed E-state index contributed by atoms with van der Waals surface area (Å²) in [5.41, 5.74) is 2.92. The van der Waals surface area contributed by atoms with Gasteiger partial charge in [0.05, 0.1) is 16.4 Å². The summed E-state index contributed by atoms with van der Waals surface area (Å²) < 4.78 is 1.47. The average molecular weight is 418 g/mol. The lowest BCUT2D eigenvalue weighted by Crippen LogP contribution is -2.23. The van der Waals surface area contributed by atoms with Gasteiger partial charge >= 0.3 is 6.03 Å². The van der Waals surface area contributed by atoms with E-state index in [1.165, 1.54) is 16.0 Å². The second-order valence-electron chi connectivity index (χ2n) is 6.92. The molecule has 0 bridgehead atoms. The maximum Gasteiger partial charge on any atom is 0.325 e. The largest absolute Gasteiger partial charge is 0.325 e. The lowest BCUT2D eigenvalue weighted by atomic mass is 10.2. The second-order valence-corrected chi connectivity index (χ2v) is 7.87. The van der Waals surface area contributed by atoms with Gasteiger partial charge in [-0.3, -0.25) is 20.4 Å². The van der Waals surface area contributed by atoms with Gasteiger partial charge < -0.3 is 0 Å². The number of amides is 2. The molecular weight excluding hydrogens is 400 g/mol. The molecule has 0 saturated carbocycles. The second kappa shape index (κ2) is 7.60. The molecule has 9 heteroatoms. The van der Waals surface area contributed by atoms with Crippen LogP contribution in [0.1, 0.15) is 17.7 Å². The van der Waals surface area contributed by atoms with Crippen LogP contribution in [0.4, 0.5) is 15.6 Å². The third-order valence-electron chi connectivity index (χ3n) is 4.91. The molecule has 3 N–H and O–H groups in total. The fourth-order valence-electron chi connectivity index (χ4n) is 3.52. The van der Waals surface area contributed by atoms with E-state index in [2.05, 4.69) is 25.7 Å². The van der Waals surface area contributed by atoms with Crippen LogP contribution in [0.3, 0.4) is 0 Å². The fourth-order valence-corrected chi connectivity index (χ4v) is 4.13. The fraction of sp³-hybridized carbons (Fsp3) is 0.143. The highest BCUT2D eigenvalue weighted by atomic mass is 32.1. The van der Waals surface area contributed by atoms with Crippen LogP contribution in [0, 0.1) is 0 Å². The Morgan fingerprint density at radius 2 is 1.97 bits per heavy atom. The molecule has 3 heterocycles. The number of nitrogens with one attached hydrogen (secondary N) is 3. The zero-order chi connectivity index (χ0) is 20.5. The lowest BCUT2D eigenvalue weighted by molar-refractivity contribution is 0.262. The van der Waals surface area contributed by atoms with E-state index in [0.29, 0.717) is 11.5 Å². The summed E-state index contributed by atoms with van der Waals surface area (Å²) in [6, 6.07) is 14.7. The van der Waals surface area contributed by atoms with Gasteiger partial charge in [0, 0.05) is 17.2 Å². The normalized spacial score (nSPS) is 12.5. The quantitative estimate of drug-likeness (QED) is 0.469. The van der Waals surface area contributed by atoms with Gasteiger partial charge in [-0.05, 0) is 36.8 Å². The number of thiophene rings is 1. The number of fused-ring (bicyclic) bond motifs is 1. The van der Waals surface area contributed by atoms with E-state index in [1.54, 1.807) is 6.07 Å². The molecule has 150 valence electrons. The topological polar surface area (TPSA) is 105 Å². The van der Waals surface area contributed by atoms with Gasteiger partial charge in [-0.2, -0.15) is 9.78 Å². The first kappa shape index (κ1) is 18.3. The van der Waals surface area contributed by atoms with Crippen molar-refractivity contribution in [2.45, 2.75) is 19.3 Å². The summed E-state index contributed by atoms with van der Waals surface area (Å²) in [5.74, 6) is 0.693. The summed E-state index contributed by atoms with van der Waals surface area (Å²) in [5, 5.41) is 12.8. The van der Waals surface area contributed by atoms with Gasteiger partial charge in [-0.25, -0.2) is 9.78 Å². The molecule has 1 aliphatic carbocycles. The van der Waals surface area contributed by atoms with Gasteiger partial charge in [0.15, 0.2) is 0 Å². The molecule has 0 radical (unpaired) electrons. The highest BCUT2D eigenvalue weighted by molar-refractivity contribution is 7.14. The molecular formula is C21H18N6O2S. The number of hydrogen-bond donors (Lipinski definition) is 3. The van der Waals surface area contributed by atoms with Crippen molar-refractivity contribution in [1.82, 2.24) is 19.7 Å². The van der Waals surface area contributed by atoms with Gasteiger partial charge in [-0.1, -0.05) is 30.3 Å². The van der Waals surface area contributed by atoms with Crippen molar-refractivity contribution in [3.8, 4) is 17.2 Å². The number of H-pyrrole nitrogens is 1.